The first kappa shape index (κ1) is 11.7. The van der Waals surface area contributed by atoms with Gasteiger partial charge in [-0.05, 0) is 0 Å². The number of H-pyrrole nitrogens is 1. The molecule has 0 saturated carbocycles. The molecule has 0 aliphatic carbocycles. The van der Waals surface area contributed by atoms with Crippen LogP contribution in [0.15, 0.2) is 17.4 Å². The number of fused-ring (bicyclic) bond motifs is 1. The first-order valence-electron chi connectivity index (χ1n) is 4.95. The Labute approximate surface area is 94.6 Å². The van der Waals surface area contributed by atoms with Gasteiger partial charge in [-0.2, -0.15) is 0 Å². The number of rotatable bonds is 4. The van der Waals surface area contributed by atoms with Crippen molar-refractivity contribution < 1.29 is 14.6 Å². The molecule has 0 unspecified atom stereocenters. The second-order valence-corrected chi connectivity index (χ2v) is 3.57. The standard InChI is InChI=1S/C9H11FN4O3/c10-5(6(16)2-15)1-14-4-13-7-8(14)11-3-12-9(7)17/h3-6,15-16H,1-2H2,(H,11,12,17)/t5-,6-/m0/s1. The van der Waals surface area contributed by atoms with Gasteiger partial charge in [-0.3, -0.25) is 4.79 Å². The van der Waals surface area contributed by atoms with Crippen molar-refractivity contribution in [1.82, 2.24) is 19.5 Å². The van der Waals surface area contributed by atoms with Crippen LogP contribution in [0.25, 0.3) is 11.2 Å². The highest BCUT2D eigenvalue weighted by atomic mass is 19.1. The Bertz CT molecular complexity index is 567. The summed E-state index contributed by atoms with van der Waals surface area (Å²) in [5.74, 6) is 0. The molecule has 2 heterocycles. The average molecular weight is 242 g/mol. The minimum absolute atomic E-state index is 0.109. The van der Waals surface area contributed by atoms with E-state index in [1.165, 1.54) is 17.2 Å². The lowest BCUT2D eigenvalue weighted by atomic mass is 10.2. The highest BCUT2D eigenvalue weighted by Gasteiger charge is 2.19. The van der Waals surface area contributed by atoms with E-state index < -0.39 is 24.4 Å². The zero-order valence-electron chi connectivity index (χ0n) is 8.75. The van der Waals surface area contributed by atoms with Gasteiger partial charge in [-0.25, -0.2) is 14.4 Å². The van der Waals surface area contributed by atoms with Crippen molar-refractivity contribution in [2.45, 2.75) is 18.8 Å². The molecule has 2 aromatic rings. The molecule has 17 heavy (non-hydrogen) atoms. The minimum atomic E-state index is -1.65. The molecule has 0 aliphatic heterocycles. The van der Waals surface area contributed by atoms with Crippen LogP contribution in [0.4, 0.5) is 4.39 Å². The van der Waals surface area contributed by atoms with Crippen molar-refractivity contribution in [3.8, 4) is 0 Å². The molecule has 8 heteroatoms. The number of hydrogen-bond acceptors (Lipinski definition) is 5. The van der Waals surface area contributed by atoms with Crippen LogP contribution in [0.3, 0.4) is 0 Å². The van der Waals surface area contributed by atoms with Gasteiger partial charge in [-0.1, -0.05) is 0 Å². The molecule has 92 valence electrons. The van der Waals surface area contributed by atoms with Crippen molar-refractivity contribution in [2.24, 2.45) is 0 Å². The van der Waals surface area contributed by atoms with Gasteiger partial charge in [0.05, 0.1) is 25.8 Å². The van der Waals surface area contributed by atoms with Crippen molar-refractivity contribution in [3.63, 3.8) is 0 Å². The number of hydrogen-bond donors (Lipinski definition) is 3. The molecule has 0 saturated heterocycles. The summed E-state index contributed by atoms with van der Waals surface area (Å²) in [4.78, 5) is 21.3. The van der Waals surface area contributed by atoms with E-state index in [1.807, 2.05) is 0 Å². The fourth-order valence-corrected chi connectivity index (χ4v) is 1.45. The van der Waals surface area contributed by atoms with E-state index in [0.717, 1.165) is 0 Å². The molecule has 3 N–H and O–H groups in total. The number of aromatic nitrogens is 4. The van der Waals surface area contributed by atoms with Gasteiger partial charge >= 0.3 is 0 Å². The van der Waals surface area contributed by atoms with E-state index in [9.17, 15) is 9.18 Å². The Morgan fingerprint density at radius 3 is 3.00 bits per heavy atom. The molecule has 2 aromatic heterocycles. The third kappa shape index (κ3) is 2.17. The number of aromatic amines is 1. The fraction of sp³-hybridized carbons (Fsp3) is 0.444. The summed E-state index contributed by atoms with van der Waals surface area (Å²) in [6, 6.07) is 0. The highest BCUT2D eigenvalue weighted by Crippen LogP contribution is 2.08. The first-order chi connectivity index (χ1) is 8.13. The number of nitrogens with zero attached hydrogens (tertiary/aromatic N) is 3. The number of imidazole rings is 1. The zero-order chi connectivity index (χ0) is 12.4. The smallest absolute Gasteiger partial charge is 0.278 e. The summed E-state index contributed by atoms with van der Waals surface area (Å²) < 4.78 is 14.7. The van der Waals surface area contributed by atoms with E-state index in [2.05, 4.69) is 15.0 Å². The quantitative estimate of drug-likeness (QED) is 0.625. The molecular formula is C9H11FN4O3. The van der Waals surface area contributed by atoms with E-state index in [4.69, 9.17) is 10.2 Å². The predicted octanol–water partition coefficient (Wildman–Crippen LogP) is -1.19. The molecule has 0 fully saturated rings. The summed E-state index contributed by atoms with van der Waals surface area (Å²) in [7, 11) is 0. The lowest BCUT2D eigenvalue weighted by molar-refractivity contribution is 0.0220. The van der Waals surface area contributed by atoms with Crippen LogP contribution in [-0.2, 0) is 6.54 Å². The van der Waals surface area contributed by atoms with Gasteiger partial charge in [-0.15, -0.1) is 0 Å². The molecule has 0 spiro atoms. The van der Waals surface area contributed by atoms with Crippen molar-refractivity contribution in [1.29, 1.82) is 0 Å². The second-order valence-electron chi connectivity index (χ2n) is 3.57. The number of nitrogens with one attached hydrogen (secondary N) is 1. The van der Waals surface area contributed by atoms with Gasteiger partial charge in [0.1, 0.15) is 12.3 Å². The largest absolute Gasteiger partial charge is 0.394 e. The predicted molar refractivity (Wildman–Crippen MR) is 56.1 cm³/mol. The van der Waals surface area contributed by atoms with E-state index >= 15 is 0 Å². The Morgan fingerprint density at radius 1 is 1.53 bits per heavy atom. The van der Waals surface area contributed by atoms with Crippen molar-refractivity contribution >= 4 is 11.2 Å². The number of aliphatic hydroxyl groups excluding tert-OH is 2. The van der Waals surface area contributed by atoms with Crippen LogP contribution >= 0.6 is 0 Å². The third-order valence-corrected chi connectivity index (χ3v) is 2.38. The average Bonchev–Trinajstić information content (AvgIpc) is 2.73. The molecular weight excluding hydrogens is 231 g/mol. The van der Waals surface area contributed by atoms with Gasteiger partial charge in [0, 0.05) is 0 Å². The molecule has 0 radical (unpaired) electrons. The SMILES string of the molecule is O=c1[nH]cnc2c1ncn2C[C@H](F)[C@@H](O)CO. The van der Waals surface area contributed by atoms with Crippen LogP contribution < -0.4 is 5.56 Å². The van der Waals surface area contributed by atoms with Crippen LogP contribution in [-0.4, -0.2) is 48.6 Å². The lowest BCUT2D eigenvalue weighted by Crippen LogP contribution is -2.29. The maximum absolute atomic E-state index is 13.4. The van der Waals surface area contributed by atoms with Crippen LogP contribution in [0.5, 0.6) is 0 Å². The molecule has 2 rings (SSSR count). The molecule has 0 aromatic carbocycles. The van der Waals surface area contributed by atoms with Crippen molar-refractivity contribution in [3.05, 3.63) is 23.0 Å². The number of aliphatic hydroxyl groups is 2. The Balaban J connectivity index is 2.31. The molecule has 0 aliphatic rings. The van der Waals surface area contributed by atoms with Gasteiger partial charge in [0.25, 0.3) is 5.56 Å². The summed E-state index contributed by atoms with van der Waals surface area (Å²) in [6.45, 7) is -0.892. The third-order valence-electron chi connectivity index (χ3n) is 2.38. The Hall–Kier alpha value is -1.80. The Morgan fingerprint density at radius 2 is 2.29 bits per heavy atom. The van der Waals surface area contributed by atoms with Crippen LogP contribution in [0.1, 0.15) is 0 Å². The zero-order valence-corrected chi connectivity index (χ0v) is 8.75. The highest BCUT2D eigenvalue weighted by molar-refractivity contribution is 5.68. The van der Waals surface area contributed by atoms with Gasteiger partial charge < -0.3 is 19.8 Å². The molecule has 2 atom stereocenters. The fourth-order valence-electron chi connectivity index (χ4n) is 1.45. The summed E-state index contributed by atoms with van der Waals surface area (Å²) >= 11 is 0. The minimum Gasteiger partial charge on any atom is -0.394 e. The maximum atomic E-state index is 13.4. The van der Waals surface area contributed by atoms with E-state index in [0.29, 0.717) is 0 Å². The maximum Gasteiger partial charge on any atom is 0.278 e. The monoisotopic (exact) mass is 242 g/mol. The Kier molecular flexibility index (Phi) is 3.16. The normalized spacial score (nSPS) is 15.0. The second kappa shape index (κ2) is 4.60. The topological polar surface area (TPSA) is 104 Å². The molecule has 0 bridgehead atoms. The number of alkyl halides is 1. The van der Waals surface area contributed by atoms with Crippen LogP contribution in [0.2, 0.25) is 0 Å². The molecule has 7 nitrogen and oxygen atoms in total. The molecule has 0 amide bonds. The lowest BCUT2D eigenvalue weighted by Gasteiger charge is -2.13. The summed E-state index contributed by atoms with van der Waals surface area (Å²) in [5.41, 5.74) is -0.0633. The first-order valence-corrected chi connectivity index (χ1v) is 4.95. The van der Waals surface area contributed by atoms with E-state index in [-0.39, 0.29) is 17.7 Å². The van der Waals surface area contributed by atoms with E-state index in [1.54, 1.807) is 0 Å². The van der Waals surface area contributed by atoms with Crippen LogP contribution in [0, 0.1) is 0 Å². The van der Waals surface area contributed by atoms with Gasteiger partial charge in [0.2, 0.25) is 0 Å². The van der Waals surface area contributed by atoms with Crippen molar-refractivity contribution in [2.75, 3.05) is 6.61 Å². The van der Waals surface area contributed by atoms with Gasteiger partial charge in [0.15, 0.2) is 11.2 Å². The number of halogens is 1. The summed E-state index contributed by atoms with van der Waals surface area (Å²) in [6.07, 6.45) is -0.657. The summed E-state index contributed by atoms with van der Waals surface area (Å²) in [5, 5.41) is 17.7.